The van der Waals surface area contributed by atoms with Gasteiger partial charge in [0.15, 0.2) is 5.17 Å². The second-order valence-corrected chi connectivity index (χ2v) is 4.26. The third-order valence-corrected chi connectivity index (χ3v) is 2.74. The lowest BCUT2D eigenvalue weighted by molar-refractivity contribution is -0.113. The van der Waals surface area contributed by atoms with Crippen LogP contribution in [0, 0.1) is 12.7 Å². The third kappa shape index (κ3) is 4.31. The van der Waals surface area contributed by atoms with Crippen LogP contribution in [-0.4, -0.2) is 16.8 Å². The summed E-state index contributed by atoms with van der Waals surface area (Å²) in [5.41, 5.74) is 6.24. The van der Waals surface area contributed by atoms with Crippen molar-refractivity contribution in [1.29, 1.82) is 0 Å². The van der Waals surface area contributed by atoms with E-state index in [0.29, 0.717) is 11.3 Å². The monoisotopic (exact) mass is 256 g/mol. The Balaban J connectivity index is 2.53. The Morgan fingerprint density at radius 1 is 1.59 bits per heavy atom. The van der Waals surface area contributed by atoms with Gasteiger partial charge in [0, 0.05) is 5.69 Å². The smallest absolute Gasteiger partial charge is 0.234 e. The summed E-state index contributed by atoms with van der Waals surface area (Å²) in [5, 5.41) is 5.87. The maximum atomic E-state index is 13.2. The molecule has 0 unspecified atom stereocenters. The standard InChI is InChI=1S/C10H13FN4OS/c1-6-2-3-7(4-8(6)11)14-9(16)5-17-10(12)15-13/h2-4H,5,13H2,1H3,(H2,12,15)(H,14,16). The lowest BCUT2D eigenvalue weighted by atomic mass is 10.2. The lowest BCUT2D eigenvalue weighted by Gasteiger charge is -2.05. The van der Waals surface area contributed by atoms with Crippen LogP contribution in [0.25, 0.3) is 0 Å². The van der Waals surface area contributed by atoms with Crippen molar-refractivity contribution in [3.63, 3.8) is 0 Å². The molecule has 0 aliphatic heterocycles. The molecule has 1 amide bonds. The number of carbonyl (C=O) groups is 1. The molecule has 1 rings (SSSR count). The molecule has 0 aromatic heterocycles. The number of hydrazone groups is 1. The number of thioether (sulfide) groups is 1. The van der Waals surface area contributed by atoms with E-state index >= 15 is 0 Å². The minimum atomic E-state index is -0.363. The van der Waals surface area contributed by atoms with E-state index < -0.39 is 0 Å². The van der Waals surface area contributed by atoms with Crippen molar-refractivity contribution in [2.45, 2.75) is 6.92 Å². The van der Waals surface area contributed by atoms with Gasteiger partial charge in [-0.25, -0.2) is 4.39 Å². The molecule has 1 aromatic carbocycles. The van der Waals surface area contributed by atoms with Gasteiger partial charge in [-0.3, -0.25) is 4.79 Å². The highest BCUT2D eigenvalue weighted by Gasteiger charge is 2.05. The molecule has 17 heavy (non-hydrogen) atoms. The van der Waals surface area contributed by atoms with Crippen molar-refractivity contribution in [2.75, 3.05) is 11.1 Å². The second-order valence-electron chi connectivity index (χ2n) is 3.27. The number of amides is 1. The first-order chi connectivity index (χ1) is 8.02. The Kier molecular flexibility index (Phi) is 4.77. The van der Waals surface area contributed by atoms with Gasteiger partial charge in [0.1, 0.15) is 5.82 Å². The number of aryl methyl sites for hydroxylation is 1. The number of nitrogens with two attached hydrogens (primary N) is 2. The van der Waals surface area contributed by atoms with Crippen LogP contribution in [-0.2, 0) is 4.79 Å². The summed E-state index contributed by atoms with van der Waals surface area (Å²) in [6.45, 7) is 1.65. The highest BCUT2D eigenvalue weighted by atomic mass is 32.2. The zero-order valence-corrected chi connectivity index (χ0v) is 10.1. The molecule has 0 atom stereocenters. The van der Waals surface area contributed by atoms with Crippen molar-refractivity contribution in [3.05, 3.63) is 29.6 Å². The van der Waals surface area contributed by atoms with E-state index in [0.717, 1.165) is 11.8 Å². The first kappa shape index (κ1) is 13.3. The van der Waals surface area contributed by atoms with Gasteiger partial charge in [-0.2, -0.15) is 5.10 Å². The van der Waals surface area contributed by atoms with Crippen LogP contribution < -0.4 is 16.9 Å². The van der Waals surface area contributed by atoms with E-state index in [-0.39, 0.29) is 22.6 Å². The first-order valence-electron chi connectivity index (χ1n) is 4.75. The summed E-state index contributed by atoms with van der Waals surface area (Å²) < 4.78 is 13.2. The average Bonchev–Trinajstić information content (AvgIpc) is 2.31. The Hall–Kier alpha value is -1.76. The molecule has 0 aliphatic rings. The molecule has 5 N–H and O–H groups in total. The number of hydrogen-bond donors (Lipinski definition) is 3. The molecule has 0 radical (unpaired) electrons. The zero-order valence-electron chi connectivity index (χ0n) is 9.24. The highest BCUT2D eigenvalue weighted by molar-refractivity contribution is 8.14. The van der Waals surface area contributed by atoms with Crippen LogP contribution in [0.1, 0.15) is 5.56 Å². The van der Waals surface area contributed by atoms with Crippen molar-refractivity contribution in [2.24, 2.45) is 16.7 Å². The maximum Gasteiger partial charge on any atom is 0.234 e. The fourth-order valence-corrected chi connectivity index (χ4v) is 1.47. The number of carbonyl (C=O) groups excluding carboxylic acids is 1. The van der Waals surface area contributed by atoms with E-state index in [9.17, 15) is 9.18 Å². The minimum absolute atomic E-state index is 0.0715. The van der Waals surface area contributed by atoms with E-state index in [1.54, 1.807) is 19.1 Å². The first-order valence-corrected chi connectivity index (χ1v) is 5.73. The molecular formula is C10H13FN4OS. The Morgan fingerprint density at radius 3 is 2.88 bits per heavy atom. The summed E-state index contributed by atoms with van der Waals surface area (Å²) in [5.74, 6) is 4.32. The van der Waals surface area contributed by atoms with Gasteiger partial charge in [-0.05, 0) is 24.6 Å². The largest absolute Gasteiger partial charge is 0.377 e. The molecular weight excluding hydrogens is 243 g/mol. The molecule has 0 spiro atoms. The molecule has 5 nitrogen and oxygen atoms in total. The summed E-state index contributed by atoms with van der Waals surface area (Å²) in [7, 11) is 0. The van der Waals surface area contributed by atoms with E-state index in [4.69, 9.17) is 11.6 Å². The van der Waals surface area contributed by atoms with Gasteiger partial charge < -0.3 is 16.9 Å². The van der Waals surface area contributed by atoms with Crippen molar-refractivity contribution >= 4 is 28.5 Å². The quantitative estimate of drug-likeness (QED) is 0.325. The van der Waals surface area contributed by atoms with Crippen LogP contribution in [0.4, 0.5) is 10.1 Å². The van der Waals surface area contributed by atoms with Gasteiger partial charge in [0.2, 0.25) is 5.91 Å². The Labute approximate surface area is 102 Å². The summed E-state index contributed by atoms with van der Waals surface area (Å²) >= 11 is 1.01. The molecule has 1 aromatic rings. The predicted octanol–water partition coefficient (Wildman–Crippen LogP) is 0.994. The van der Waals surface area contributed by atoms with E-state index in [1.807, 2.05) is 0 Å². The molecule has 0 aliphatic carbocycles. The summed E-state index contributed by atoms with van der Waals surface area (Å²) in [4.78, 5) is 11.4. The summed E-state index contributed by atoms with van der Waals surface area (Å²) in [6, 6.07) is 4.48. The number of nitrogens with one attached hydrogen (secondary N) is 1. The van der Waals surface area contributed by atoms with E-state index in [2.05, 4.69) is 10.4 Å². The van der Waals surface area contributed by atoms with Crippen LogP contribution >= 0.6 is 11.8 Å². The predicted molar refractivity (Wildman–Crippen MR) is 68.0 cm³/mol. The fourth-order valence-electron chi connectivity index (χ4n) is 1.04. The molecule has 92 valence electrons. The average molecular weight is 256 g/mol. The lowest BCUT2D eigenvalue weighted by Crippen LogP contribution is -2.18. The molecule has 0 bridgehead atoms. The Bertz CT molecular complexity index is 450. The van der Waals surface area contributed by atoms with Crippen LogP contribution in [0.15, 0.2) is 23.3 Å². The SMILES string of the molecule is Cc1ccc(NC(=O)CSC(N)=NN)cc1F. The van der Waals surface area contributed by atoms with Crippen molar-refractivity contribution in [1.82, 2.24) is 0 Å². The number of benzene rings is 1. The molecule has 0 saturated heterocycles. The molecule has 0 heterocycles. The Morgan fingerprint density at radius 2 is 2.29 bits per heavy atom. The maximum absolute atomic E-state index is 13.2. The van der Waals surface area contributed by atoms with Gasteiger partial charge in [-0.1, -0.05) is 17.8 Å². The number of amidine groups is 1. The van der Waals surface area contributed by atoms with Gasteiger partial charge in [0.05, 0.1) is 5.75 Å². The number of nitrogens with zero attached hydrogens (tertiary/aromatic N) is 1. The van der Waals surface area contributed by atoms with Crippen LogP contribution in [0.3, 0.4) is 0 Å². The normalized spacial score (nSPS) is 11.3. The number of rotatable bonds is 3. The number of anilines is 1. The van der Waals surface area contributed by atoms with Crippen LogP contribution in [0.5, 0.6) is 0 Å². The summed E-state index contributed by atoms with van der Waals surface area (Å²) in [6.07, 6.45) is 0. The van der Waals surface area contributed by atoms with Crippen molar-refractivity contribution in [3.8, 4) is 0 Å². The second kappa shape index (κ2) is 6.09. The molecule has 0 fully saturated rings. The van der Waals surface area contributed by atoms with Crippen molar-refractivity contribution < 1.29 is 9.18 Å². The molecule has 7 heteroatoms. The number of halogens is 1. The third-order valence-electron chi connectivity index (χ3n) is 1.93. The van der Waals surface area contributed by atoms with Gasteiger partial charge in [0.25, 0.3) is 0 Å². The van der Waals surface area contributed by atoms with Gasteiger partial charge in [-0.15, -0.1) is 0 Å². The fraction of sp³-hybridized carbons (Fsp3) is 0.200. The topological polar surface area (TPSA) is 93.5 Å². The van der Waals surface area contributed by atoms with Crippen LogP contribution in [0.2, 0.25) is 0 Å². The van der Waals surface area contributed by atoms with E-state index in [1.165, 1.54) is 6.07 Å². The molecule has 0 saturated carbocycles. The minimum Gasteiger partial charge on any atom is -0.377 e. The highest BCUT2D eigenvalue weighted by Crippen LogP contribution is 2.13. The number of hydrogen-bond acceptors (Lipinski definition) is 4. The van der Waals surface area contributed by atoms with Gasteiger partial charge >= 0.3 is 0 Å². The zero-order chi connectivity index (χ0) is 12.8.